The number of carbonyl (C=O) groups is 1. The van der Waals surface area contributed by atoms with Gasteiger partial charge < -0.3 is 13.9 Å². The fourth-order valence-corrected chi connectivity index (χ4v) is 4.66. The Morgan fingerprint density at radius 3 is 3.00 bits per heavy atom. The number of nitrogens with zero attached hydrogens (tertiary/aromatic N) is 3. The van der Waals surface area contributed by atoms with Gasteiger partial charge >= 0.3 is 5.97 Å². The molecule has 140 valence electrons. The van der Waals surface area contributed by atoms with Crippen molar-refractivity contribution in [3.63, 3.8) is 0 Å². The average molecular weight is 365 g/mol. The molecule has 2 aliphatic rings. The van der Waals surface area contributed by atoms with Gasteiger partial charge in [0.05, 0.1) is 23.2 Å². The van der Waals surface area contributed by atoms with Crippen LogP contribution in [0.25, 0.3) is 21.9 Å². The maximum atomic E-state index is 13.2. The average Bonchev–Trinajstić information content (AvgIpc) is 3.04. The minimum atomic E-state index is -0.539. The molecule has 3 aromatic rings. The Balaban J connectivity index is 1.91. The van der Waals surface area contributed by atoms with Crippen molar-refractivity contribution < 1.29 is 9.53 Å². The van der Waals surface area contributed by atoms with Crippen molar-refractivity contribution >= 4 is 27.9 Å². The Bertz CT molecular complexity index is 1160. The van der Waals surface area contributed by atoms with Crippen LogP contribution in [0.5, 0.6) is 0 Å². The highest BCUT2D eigenvalue weighted by molar-refractivity contribution is 6.01. The molecule has 0 amide bonds. The van der Waals surface area contributed by atoms with E-state index < -0.39 is 5.97 Å². The van der Waals surface area contributed by atoms with E-state index in [0.29, 0.717) is 5.39 Å². The van der Waals surface area contributed by atoms with Gasteiger partial charge in [-0.25, -0.2) is 9.78 Å². The molecule has 2 aliphatic heterocycles. The summed E-state index contributed by atoms with van der Waals surface area (Å²) in [7, 11) is 0. The van der Waals surface area contributed by atoms with Gasteiger partial charge in [-0.3, -0.25) is 4.79 Å². The highest BCUT2D eigenvalue weighted by Crippen LogP contribution is 2.36. The molecule has 4 heterocycles. The number of ether oxygens (including phenoxy) is 1. The number of rotatable bonds is 2. The fraction of sp³-hybridized carbons (Fsp3) is 0.476. The van der Waals surface area contributed by atoms with E-state index in [4.69, 9.17) is 9.72 Å². The van der Waals surface area contributed by atoms with Crippen molar-refractivity contribution in [2.75, 3.05) is 6.61 Å². The molecule has 0 spiro atoms. The monoisotopic (exact) mass is 365 g/mol. The predicted octanol–water partition coefficient (Wildman–Crippen LogP) is 3.37. The highest BCUT2D eigenvalue weighted by atomic mass is 16.5. The molecule has 0 radical (unpaired) electrons. The molecule has 5 rings (SSSR count). The number of aromatic nitrogens is 3. The van der Waals surface area contributed by atoms with E-state index in [1.165, 1.54) is 0 Å². The van der Waals surface area contributed by atoms with Crippen LogP contribution in [0, 0.1) is 0 Å². The Morgan fingerprint density at radius 2 is 2.19 bits per heavy atom. The van der Waals surface area contributed by atoms with Crippen molar-refractivity contribution in [1.82, 2.24) is 14.1 Å². The largest absolute Gasteiger partial charge is 0.462 e. The number of hydrogen-bond acceptors (Lipinski definition) is 4. The third kappa shape index (κ3) is 2.28. The van der Waals surface area contributed by atoms with E-state index in [1.807, 2.05) is 6.07 Å². The van der Waals surface area contributed by atoms with Gasteiger partial charge in [0.25, 0.3) is 0 Å². The van der Waals surface area contributed by atoms with Crippen LogP contribution in [0.3, 0.4) is 0 Å². The molecule has 27 heavy (non-hydrogen) atoms. The van der Waals surface area contributed by atoms with E-state index >= 15 is 0 Å². The summed E-state index contributed by atoms with van der Waals surface area (Å²) in [4.78, 5) is 30.5. The second kappa shape index (κ2) is 5.94. The van der Waals surface area contributed by atoms with Gasteiger partial charge in [-0.15, -0.1) is 0 Å². The molecule has 1 atom stereocenters. The number of hydrogen-bond donors (Lipinski definition) is 0. The lowest BCUT2D eigenvalue weighted by Crippen LogP contribution is -2.25. The lowest BCUT2D eigenvalue weighted by Gasteiger charge is -2.27. The summed E-state index contributed by atoms with van der Waals surface area (Å²) in [5.41, 5.74) is 4.05. The van der Waals surface area contributed by atoms with Crippen molar-refractivity contribution in [1.29, 1.82) is 0 Å². The highest BCUT2D eigenvalue weighted by Gasteiger charge is 2.27. The molecule has 0 saturated carbocycles. The van der Waals surface area contributed by atoms with Gasteiger partial charge in [0.2, 0.25) is 5.43 Å². The van der Waals surface area contributed by atoms with E-state index in [-0.39, 0.29) is 23.6 Å². The summed E-state index contributed by atoms with van der Waals surface area (Å²) >= 11 is 0. The Labute approximate surface area is 156 Å². The molecule has 0 fully saturated rings. The number of pyridine rings is 1. The number of fused-ring (bicyclic) bond motifs is 4. The maximum Gasteiger partial charge on any atom is 0.343 e. The summed E-state index contributed by atoms with van der Waals surface area (Å²) in [6, 6.07) is 2.18. The summed E-state index contributed by atoms with van der Waals surface area (Å²) < 4.78 is 9.47. The number of imidazole rings is 1. The minimum absolute atomic E-state index is 0.127. The molecule has 0 bridgehead atoms. The second-order valence-electron chi connectivity index (χ2n) is 7.64. The van der Waals surface area contributed by atoms with Crippen molar-refractivity contribution in [3.05, 3.63) is 39.4 Å². The molecule has 0 N–H and O–H groups in total. The van der Waals surface area contributed by atoms with Crippen molar-refractivity contribution in [2.24, 2.45) is 0 Å². The number of aryl methyl sites for hydroxylation is 3. The molecule has 2 aromatic heterocycles. The van der Waals surface area contributed by atoms with Crippen LogP contribution in [-0.4, -0.2) is 26.7 Å². The Morgan fingerprint density at radius 1 is 1.33 bits per heavy atom. The van der Waals surface area contributed by atoms with E-state index in [9.17, 15) is 9.59 Å². The maximum absolute atomic E-state index is 13.2. The molecule has 6 heteroatoms. The van der Waals surface area contributed by atoms with E-state index in [0.717, 1.165) is 66.6 Å². The lowest BCUT2D eigenvalue weighted by molar-refractivity contribution is 0.0524. The third-order valence-electron chi connectivity index (χ3n) is 6.02. The van der Waals surface area contributed by atoms with Crippen LogP contribution in [0.4, 0.5) is 0 Å². The summed E-state index contributed by atoms with van der Waals surface area (Å²) in [5, 5.41) is 0.614. The van der Waals surface area contributed by atoms with Crippen molar-refractivity contribution in [3.8, 4) is 0 Å². The van der Waals surface area contributed by atoms with Crippen LogP contribution in [0.15, 0.2) is 17.1 Å². The quantitative estimate of drug-likeness (QED) is 0.653. The van der Waals surface area contributed by atoms with Gasteiger partial charge in [-0.2, -0.15) is 0 Å². The first-order valence-electron chi connectivity index (χ1n) is 9.87. The smallest absolute Gasteiger partial charge is 0.343 e. The summed E-state index contributed by atoms with van der Waals surface area (Å²) in [6.45, 7) is 5.08. The lowest BCUT2D eigenvalue weighted by atomic mass is 9.94. The zero-order valence-corrected chi connectivity index (χ0v) is 15.7. The molecule has 0 aliphatic carbocycles. The van der Waals surface area contributed by atoms with Crippen LogP contribution >= 0.6 is 0 Å². The van der Waals surface area contributed by atoms with Crippen LogP contribution in [0.2, 0.25) is 0 Å². The SMILES string of the molecule is CCOC(=O)c1cn2c3c(c4nc5n(c4cc3c1=O)CCCC5)CCC2C. The minimum Gasteiger partial charge on any atom is -0.462 e. The number of carbonyl (C=O) groups excluding carboxylic acids is 1. The first kappa shape index (κ1) is 16.5. The molecule has 6 nitrogen and oxygen atoms in total. The van der Waals surface area contributed by atoms with Gasteiger partial charge in [0.1, 0.15) is 11.4 Å². The van der Waals surface area contributed by atoms with Crippen LogP contribution < -0.4 is 5.43 Å². The molecular formula is C21H23N3O3. The van der Waals surface area contributed by atoms with Gasteiger partial charge in [0.15, 0.2) is 0 Å². The second-order valence-corrected chi connectivity index (χ2v) is 7.64. The zero-order chi connectivity index (χ0) is 18.7. The Kier molecular flexibility index (Phi) is 3.64. The standard InChI is InChI=1S/C21H23N3O3/c1-3-27-21(26)15-11-24-12(2)7-8-13-18-16(10-14(19(13)24)20(15)25)23-9-5-4-6-17(23)22-18/h10-12H,3-9H2,1-2H3. The van der Waals surface area contributed by atoms with Crippen LogP contribution in [0.1, 0.15) is 60.9 Å². The van der Waals surface area contributed by atoms with Crippen molar-refractivity contribution in [2.45, 2.75) is 58.5 Å². The predicted molar refractivity (Wildman–Crippen MR) is 103 cm³/mol. The summed E-state index contributed by atoms with van der Waals surface area (Å²) in [5.74, 6) is 0.578. The van der Waals surface area contributed by atoms with Gasteiger partial charge in [-0.05, 0) is 45.6 Å². The van der Waals surface area contributed by atoms with E-state index in [1.54, 1.807) is 13.1 Å². The topological polar surface area (TPSA) is 66.1 Å². The fourth-order valence-electron chi connectivity index (χ4n) is 4.66. The first-order chi connectivity index (χ1) is 13.1. The van der Waals surface area contributed by atoms with Crippen LogP contribution in [-0.2, 0) is 24.1 Å². The third-order valence-corrected chi connectivity index (χ3v) is 6.02. The molecule has 1 aromatic carbocycles. The number of benzene rings is 1. The zero-order valence-electron chi connectivity index (χ0n) is 15.7. The molecule has 0 saturated heterocycles. The Hall–Kier alpha value is -2.63. The number of esters is 1. The van der Waals surface area contributed by atoms with Gasteiger partial charge in [-0.1, -0.05) is 0 Å². The first-order valence-corrected chi connectivity index (χ1v) is 9.87. The van der Waals surface area contributed by atoms with Gasteiger partial charge in [0, 0.05) is 36.2 Å². The van der Waals surface area contributed by atoms with E-state index in [2.05, 4.69) is 16.1 Å². The molecule has 1 unspecified atom stereocenters. The molecular weight excluding hydrogens is 342 g/mol. The summed E-state index contributed by atoms with van der Waals surface area (Å²) in [6.07, 6.45) is 6.85. The normalized spacial score (nSPS) is 18.7.